The molecule has 0 bridgehead atoms. The standard InChI is InChI=1S/C32H36N4O4.2CH2O/c1-22(19-31(39)40)34-29(37)21-33-27-15-9-10-16-28(27)36(30(38)20-24-11-5-3-6-12-24)23(2)35-32(26-17-18-26)25-13-7-4-8-14-25;2*1-2/h3-16,22-23,33,35H,17-21H2,1-2H3,(H,34,37)(H,39,40);2*1H2/t22-,23?;;/m1../s1. The van der Waals surface area contributed by atoms with Crippen LogP contribution < -0.4 is 20.9 Å². The molecule has 0 radical (unpaired) electrons. The summed E-state index contributed by atoms with van der Waals surface area (Å²) >= 11 is 0. The number of carboxylic acids is 1. The van der Waals surface area contributed by atoms with Gasteiger partial charge in [0.2, 0.25) is 11.8 Å². The van der Waals surface area contributed by atoms with Gasteiger partial charge in [-0.1, -0.05) is 72.8 Å². The first-order valence-electron chi connectivity index (χ1n) is 14.1. The maximum atomic E-state index is 13.9. The van der Waals surface area contributed by atoms with Crippen LogP contribution in [0.4, 0.5) is 11.4 Å². The summed E-state index contributed by atoms with van der Waals surface area (Å²) in [6, 6.07) is 26.6. The fourth-order valence-electron chi connectivity index (χ4n) is 4.64. The summed E-state index contributed by atoms with van der Waals surface area (Å²) in [5.74, 6) is -1.40. The average Bonchev–Trinajstić information content (AvgIpc) is 3.87. The van der Waals surface area contributed by atoms with E-state index in [1.54, 1.807) is 11.8 Å². The van der Waals surface area contributed by atoms with E-state index in [4.69, 9.17) is 14.7 Å². The summed E-state index contributed by atoms with van der Waals surface area (Å²) in [6.07, 6.45) is 1.70. The molecule has 3 aromatic carbocycles. The summed E-state index contributed by atoms with van der Waals surface area (Å²) in [5, 5.41) is 18.4. The quantitative estimate of drug-likeness (QED) is 0.211. The van der Waals surface area contributed by atoms with Crippen LogP contribution in [0.3, 0.4) is 0 Å². The van der Waals surface area contributed by atoms with Gasteiger partial charge in [-0.2, -0.15) is 0 Å². The largest absolute Gasteiger partial charge is 0.481 e. The zero-order valence-corrected chi connectivity index (χ0v) is 25.1. The molecule has 2 atom stereocenters. The van der Waals surface area contributed by atoms with Crippen LogP contribution in [0, 0.1) is 0 Å². The lowest BCUT2D eigenvalue weighted by atomic mass is 10.1. The lowest BCUT2D eigenvalue weighted by Crippen LogP contribution is -2.47. The monoisotopic (exact) mass is 600 g/mol. The maximum absolute atomic E-state index is 13.9. The summed E-state index contributed by atoms with van der Waals surface area (Å²) in [6.45, 7) is 7.55. The molecule has 1 unspecified atom stereocenters. The number of rotatable bonds is 13. The zero-order valence-electron chi connectivity index (χ0n) is 25.1. The van der Waals surface area contributed by atoms with Crippen LogP contribution in [0.15, 0.2) is 90.5 Å². The van der Waals surface area contributed by atoms with Gasteiger partial charge in [-0.05, 0) is 55.5 Å². The minimum Gasteiger partial charge on any atom is -0.481 e. The van der Waals surface area contributed by atoms with Crippen LogP contribution in [-0.2, 0) is 30.4 Å². The van der Waals surface area contributed by atoms with E-state index in [1.807, 2.05) is 93.3 Å². The predicted octanol–water partition coefficient (Wildman–Crippen LogP) is 4.42. The number of amides is 2. The lowest BCUT2D eigenvalue weighted by Gasteiger charge is -2.33. The molecule has 0 heterocycles. The summed E-state index contributed by atoms with van der Waals surface area (Å²) in [5.41, 5.74) is 5.62. The normalized spacial score (nSPS) is 12.5. The van der Waals surface area contributed by atoms with Gasteiger partial charge in [0, 0.05) is 11.7 Å². The highest BCUT2D eigenvalue weighted by Gasteiger charge is 2.28. The molecule has 232 valence electrons. The minimum atomic E-state index is -0.976. The van der Waals surface area contributed by atoms with Gasteiger partial charge in [-0.3, -0.25) is 19.3 Å². The van der Waals surface area contributed by atoms with Crippen LogP contribution in [0.5, 0.6) is 0 Å². The number of aliphatic carboxylic acids is 1. The molecule has 1 aliphatic rings. The molecular formula is C34H40N4O6. The first kappa shape index (κ1) is 34.9. The van der Waals surface area contributed by atoms with Crippen molar-refractivity contribution in [3.63, 3.8) is 0 Å². The fraction of sp³-hybridized carbons (Fsp3) is 0.265. The molecular weight excluding hydrogens is 560 g/mol. The van der Waals surface area contributed by atoms with Gasteiger partial charge in [0.1, 0.15) is 19.7 Å². The van der Waals surface area contributed by atoms with Crippen LogP contribution in [0.1, 0.15) is 44.2 Å². The topological polar surface area (TPSA) is 145 Å². The van der Waals surface area contributed by atoms with E-state index in [9.17, 15) is 14.4 Å². The third-order valence-electron chi connectivity index (χ3n) is 6.61. The van der Waals surface area contributed by atoms with Crippen molar-refractivity contribution in [2.45, 2.75) is 51.7 Å². The third-order valence-corrected chi connectivity index (χ3v) is 6.61. The van der Waals surface area contributed by atoms with Gasteiger partial charge < -0.3 is 30.6 Å². The fourth-order valence-corrected chi connectivity index (χ4v) is 4.64. The average molecular weight is 601 g/mol. The molecule has 1 fully saturated rings. The molecule has 1 saturated carbocycles. The highest BCUT2D eigenvalue weighted by Crippen LogP contribution is 2.36. The smallest absolute Gasteiger partial charge is 0.305 e. The highest BCUT2D eigenvalue weighted by atomic mass is 16.4. The van der Waals surface area contributed by atoms with E-state index in [0.717, 1.165) is 29.7 Å². The Hall–Kier alpha value is -5.25. The van der Waals surface area contributed by atoms with E-state index >= 15 is 0 Å². The van der Waals surface area contributed by atoms with Crippen molar-refractivity contribution in [2.75, 3.05) is 16.8 Å². The van der Waals surface area contributed by atoms with Gasteiger partial charge >= 0.3 is 5.97 Å². The first-order chi connectivity index (χ1) is 21.3. The van der Waals surface area contributed by atoms with Crippen LogP contribution in [-0.4, -0.2) is 55.2 Å². The van der Waals surface area contributed by atoms with E-state index in [0.29, 0.717) is 11.4 Å². The van der Waals surface area contributed by atoms with Crippen molar-refractivity contribution in [3.8, 4) is 0 Å². The van der Waals surface area contributed by atoms with E-state index in [-0.39, 0.29) is 31.2 Å². The van der Waals surface area contributed by atoms with Crippen LogP contribution in [0.2, 0.25) is 0 Å². The van der Waals surface area contributed by atoms with Crippen molar-refractivity contribution in [1.82, 2.24) is 10.6 Å². The SMILES string of the molecule is C=O.C=O.CC(NC(=C1CC1)c1ccccc1)N(C(=O)Cc1ccccc1)c1ccccc1NCC(=O)N[C@H](C)CC(=O)O. The van der Waals surface area contributed by atoms with E-state index in [2.05, 4.69) is 28.1 Å². The number of nitrogens with one attached hydrogen (secondary N) is 3. The molecule has 44 heavy (non-hydrogen) atoms. The van der Waals surface area contributed by atoms with Crippen molar-refractivity contribution in [3.05, 3.63) is 102 Å². The number of para-hydroxylation sites is 2. The van der Waals surface area contributed by atoms with Gasteiger partial charge in [-0.15, -0.1) is 0 Å². The number of nitrogens with zero attached hydrogens (tertiary/aromatic N) is 1. The number of carbonyl (C=O) groups excluding carboxylic acids is 4. The number of hydrogen-bond donors (Lipinski definition) is 4. The van der Waals surface area contributed by atoms with Crippen molar-refractivity contribution in [2.24, 2.45) is 0 Å². The van der Waals surface area contributed by atoms with Crippen molar-refractivity contribution in [1.29, 1.82) is 0 Å². The van der Waals surface area contributed by atoms with Crippen molar-refractivity contribution < 1.29 is 29.1 Å². The zero-order chi connectivity index (χ0) is 32.5. The molecule has 3 aromatic rings. The predicted molar refractivity (Wildman–Crippen MR) is 172 cm³/mol. The van der Waals surface area contributed by atoms with Crippen LogP contribution in [0.25, 0.3) is 5.70 Å². The van der Waals surface area contributed by atoms with E-state index < -0.39 is 18.2 Å². The Morgan fingerprint density at radius 1 is 0.818 bits per heavy atom. The molecule has 4 rings (SSSR count). The minimum absolute atomic E-state index is 0.0667. The summed E-state index contributed by atoms with van der Waals surface area (Å²) in [4.78, 5) is 55.1. The molecule has 4 N–H and O–H groups in total. The second-order valence-electron chi connectivity index (χ2n) is 10.0. The number of anilines is 2. The number of allylic oxidation sites excluding steroid dienone is 1. The Morgan fingerprint density at radius 3 is 1.98 bits per heavy atom. The Morgan fingerprint density at radius 2 is 1.39 bits per heavy atom. The van der Waals surface area contributed by atoms with Crippen LogP contribution >= 0.6 is 0 Å². The van der Waals surface area contributed by atoms with Gasteiger partial charge in [-0.25, -0.2) is 0 Å². The summed E-state index contributed by atoms with van der Waals surface area (Å²) < 4.78 is 0. The molecule has 0 aromatic heterocycles. The maximum Gasteiger partial charge on any atom is 0.305 e. The second kappa shape index (κ2) is 18.3. The number of carboxylic acid groups (broad SMARTS) is 1. The highest BCUT2D eigenvalue weighted by molar-refractivity contribution is 5.99. The number of hydrogen-bond acceptors (Lipinski definition) is 7. The third kappa shape index (κ3) is 10.9. The molecule has 1 aliphatic carbocycles. The molecule has 2 amide bonds. The second-order valence-corrected chi connectivity index (χ2v) is 10.0. The van der Waals surface area contributed by atoms with Gasteiger partial charge in [0.25, 0.3) is 0 Å². The van der Waals surface area contributed by atoms with E-state index in [1.165, 1.54) is 5.57 Å². The Labute approximate surface area is 258 Å². The Kier molecular flexibility index (Phi) is 14.6. The summed E-state index contributed by atoms with van der Waals surface area (Å²) in [7, 11) is 0. The molecule has 0 spiro atoms. The Bertz CT molecular complexity index is 1390. The Balaban J connectivity index is 0.00000162. The first-order valence-corrected chi connectivity index (χ1v) is 14.1. The number of carbonyl (C=O) groups is 5. The molecule has 10 nitrogen and oxygen atoms in total. The molecule has 0 saturated heterocycles. The molecule has 0 aliphatic heterocycles. The van der Waals surface area contributed by atoms with Crippen molar-refractivity contribution >= 4 is 48.4 Å². The molecule has 10 heteroatoms. The van der Waals surface area contributed by atoms with Gasteiger partial charge in [0.15, 0.2) is 0 Å². The number of benzene rings is 3. The van der Waals surface area contributed by atoms with Gasteiger partial charge in [0.05, 0.1) is 30.8 Å². The lowest BCUT2D eigenvalue weighted by molar-refractivity contribution is -0.137.